The molecule has 0 aliphatic rings. The molecule has 1 N–H and O–H groups in total. The van der Waals surface area contributed by atoms with Crippen molar-refractivity contribution in [3.63, 3.8) is 0 Å². The monoisotopic (exact) mass is 405 g/mol. The molecule has 0 fully saturated rings. The lowest BCUT2D eigenvalue weighted by Crippen LogP contribution is -2.17. The second kappa shape index (κ2) is 11.2. The first-order chi connectivity index (χ1) is 12.8. The van der Waals surface area contributed by atoms with E-state index < -0.39 is 0 Å². The van der Waals surface area contributed by atoms with E-state index in [1.54, 1.807) is 7.11 Å². The summed E-state index contributed by atoms with van der Waals surface area (Å²) in [6.45, 7) is 2.87. The van der Waals surface area contributed by atoms with Crippen LogP contribution in [0, 0.1) is 0 Å². The molecule has 0 amide bonds. The number of halogens is 2. The summed E-state index contributed by atoms with van der Waals surface area (Å²) in [6, 6.07) is 20.3. The van der Waals surface area contributed by atoms with Crippen molar-refractivity contribution in [2.75, 3.05) is 20.3 Å². The zero-order valence-electron chi connectivity index (χ0n) is 15.4. The van der Waals surface area contributed by atoms with Gasteiger partial charge in [-0.2, -0.15) is 0 Å². The molecular weight excluding hydrogens is 381 g/mol. The normalized spacial score (nSPS) is 10.6. The van der Waals surface area contributed by atoms with Crippen LogP contribution in [0.15, 0.2) is 60.7 Å². The third-order valence-electron chi connectivity index (χ3n) is 4.34. The van der Waals surface area contributed by atoms with Gasteiger partial charge in [0.15, 0.2) is 0 Å². The Labute approximate surface area is 172 Å². The van der Waals surface area contributed by atoms with Crippen molar-refractivity contribution in [3.8, 4) is 5.75 Å². The van der Waals surface area contributed by atoms with Crippen molar-refractivity contribution in [1.82, 2.24) is 5.32 Å². The first kappa shape index (κ1) is 21.5. The fraction of sp³-hybridized carbons (Fsp3) is 0.273. The van der Waals surface area contributed by atoms with E-state index in [4.69, 9.17) is 21.1 Å². The van der Waals surface area contributed by atoms with Crippen molar-refractivity contribution in [3.05, 3.63) is 76.8 Å². The molecule has 0 aliphatic carbocycles. The molecule has 144 valence electrons. The van der Waals surface area contributed by atoms with Gasteiger partial charge in [0.1, 0.15) is 12.4 Å². The summed E-state index contributed by atoms with van der Waals surface area (Å²) in [6.07, 6.45) is 0.983. The van der Waals surface area contributed by atoms with Crippen LogP contribution in [0.2, 0.25) is 5.02 Å². The van der Waals surface area contributed by atoms with E-state index in [0.29, 0.717) is 6.61 Å². The topological polar surface area (TPSA) is 30.5 Å². The van der Waals surface area contributed by atoms with Gasteiger partial charge in [-0.15, -0.1) is 12.4 Å². The van der Waals surface area contributed by atoms with Crippen molar-refractivity contribution in [1.29, 1.82) is 0 Å². The maximum absolute atomic E-state index is 6.25. The largest absolute Gasteiger partial charge is 0.488 e. The van der Waals surface area contributed by atoms with Crippen LogP contribution >= 0.6 is 24.0 Å². The van der Waals surface area contributed by atoms with Crippen LogP contribution in [0.5, 0.6) is 5.75 Å². The van der Waals surface area contributed by atoms with E-state index in [1.165, 1.54) is 16.3 Å². The molecule has 27 heavy (non-hydrogen) atoms. The fourth-order valence-electron chi connectivity index (χ4n) is 2.96. The van der Waals surface area contributed by atoms with Crippen LogP contribution in [-0.2, 0) is 17.9 Å². The molecule has 0 aromatic heterocycles. The van der Waals surface area contributed by atoms with Gasteiger partial charge in [-0.25, -0.2) is 0 Å². The minimum absolute atomic E-state index is 0. The SMILES string of the molecule is COCCCNCc1c(OCc2ccccc2Cl)ccc2ccccc12.Cl. The molecule has 0 radical (unpaired) electrons. The molecule has 0 heterocycles. The molecule has 3 rings (SSSR count). The quantitative estimate of drug-likeness (QED) is 0.468. The molecule has 3 aromatic carbocycles. The average Bonchev–Trinajstić information content (AvgIpc) is 2.68. The highest BCUT2D eigenvalue weighted by atomic mass is 35.5. The minimum Gasteiger partial charge on any atom is -0.488 e. The van der Waals surface area contributed by atoms with Crippen LogP contribution in [0.1, 0.15) is 17.5 Å². The standard InChI is InChI=1S/C22H24ClNO2.ClH/c1-25-14-6-13-24-15-20-19-9-4-2-7-17(19)11-12-22(20)26-16-18-8-3-5-10-21(18)23;/h2-5,7-12,24H,6,13-16H2,1H3;1H. The second-order valence-electron chi connectivity index (χ2n) is 6.17. The highest BCUT2D eigenvalue weighted by Gasteiger charge is 2.10. The zero-order chi connectivity index (χ0) is 18.2. The lowest BCUT2D eigenvalue weighted by Gasteiger charge is -2.15. The number of methoxy groups -OCH3 is 1. The van der Waals surface area contributed by atoms with Crippen LogP contribution in [-0.4, -0.2) is 20.3 Å². The van der Waals surface area contributed by atoms with Gasteiger partial charge in [-0.1, -0.05) is 60.1 Å². The molecule has 5 heteroatoms. The summed E-state index contributed by atoms with van der Waals surface area (Å²) >= 11 is 6.25. The predicted molar refractivity (Wildman–Crippen MR) is 115 cm³/mol. The Balaban J connectivity index is 0.00000261. The number of nitrogens with one attached hydrogen (secondary N) is 1. The maximum atomic E-state index is 6.25. The Kier molecular flexibility index (Phi) is 8.89. The predicted octanol–water partition coefficient (Wildman–Crippen LogP) is 5.62. The van der Waals surface area contributed by atoms with E-state index in [-0.39, 0.29) is 12.4 Å². The van der Waals surface area contributed by atoms with Crippen LogP contribution in [0.4, 0.5) is 0 Å². The van der Waals surface area contributed by atoms with Crippen LogP contribution in [0.3, 0.4) is 0 Å². The van der Waals surface area contributed by atoms with Gasteiger partial charge in [0.2, 0.25) is 0 Å². The summed E-state index contributed by atoms with van der Waals surface area (Å²) < 4.78 is 11.3. The number of hydrogen-bond acceptors (Lipinski definition) is 3. The third kappa shape index (κ3) is 5.85. The number of hydrogen-bond donors (Lipinski definition) is 1. The Morgan fingerprint density at radius 3 is 2.56 bits per heavy atom. The molecule has 3 aromatic rings. The van der Waals surface area contributed by atoms with Crippen molar-refractivity contribution >= 4 is 34.8 Å². The van der Waals surface area contributed by atoms with E-state index in [0.717, 1.165) is 42.5 Å². The zero-order valence-corrected chi connectivity index (χ0v) is 17.0. The van der Waals surface area contributed by atoms with Crippen molar-refractivity contribution < 1.29 is 9.47 Å². The van der Waals surface area contributed by atoms with E-state index in [2.05, 4.69) is 35.6 Å². The average molecular weight is 406 g/mol. The smallest absolute Gasteiger partial charge is 0.124 e. The molecular formula is C22H25Cl2NO2. The Hall–Kier alpha value is -1.78. The highest BCUT2D eigenvalue weighted by Crippen LogP contribution is 2.29. The van der Waals surface area contributed by atoms with E-state index in [1.807, 2.05) is 30.3 Å². The summed E-state index contributed by atoms with van der Waals surface area (Å²) in [5, 5.41) is 6.65. The lowest BCUT2D eigenvalue weighted by molar-refractivity contribution is 0.194. The number of rotatable bonds is 9. The number of benzene rings is 3. The number of fused-ring (bicyclic) bond motifs is 1. The summed E-state index contributed by atoms with van der Waals surface area (Å²) in [7, 11) is 1.73. The molecule has 0 bridgehead atoms. The molecule has 0 unspecified atom stereocenters. The third-order valence-corrected chi connectivity index (χ3v) is 4.71. The Morgan fingerprint density at radius 2 is 1.74 bits per heavy atom. The minimum atomic E-state index is 0. The first-order valence-corrected chi connectivity index (χ1v) is 9.24. The van der Waals surface area contributed by atoms with Crippen LogP contribution in [0.25, 0.3) is 10.8 Å². The number of ether oxygens (including phenoxy) is 2. The Bertz CT molecular complexity index is 855. The molecule has 0 saturated carbocycles. The molecule has 0 atom stereocenters. The van der Waals surface area contributed by atoms with Gasteiger partial charge in [0, 0.05) is 36.4 Å². The van der Waals surface area contributed by atoms with Crippen molar-refractivity contribution in [2.45, 2.75) is 19.6 Å². The lowest BCUT2D eigenvalue weighted by atomic mass is 10.0. The van der Waals surface area contributed by atoms with Gasteiger partial charge in [-0.3, -0.25) is 0 Å². The first-order valence-electron chi connectivity index (χ1n) is 8.86. The van der Waals surface area contributed by atoms with Gasteiger partial charge >= 0.3 is 0 Å². The van der Waals surface area contributed by atoms with Crippen molar-refractivity contribution in [2.24, 2.45) is 0 Å². The maximum Gasteiger partial charge on any atom is 0.124 e. The molecule has 0 spiro atoms. The molecule has 3 nitrogen and oxygen atoms in total. The molecule has 0 saturated heterocycles. The van der Waals surface area contributed by atoms with Gasteiger partial charge in [0.25, 0.3) is 0 Å². The summed E-state index contributed by atoms with van der Waals surface area (Å²) in [5.41, 5.74) is 2.16. The Morgan fingerprint density at radius 1 is 0.963 bits per heavy atom. The summed E-state index contributed by atoms with van der Waals surface area (Å²) in [5.74, 6) is 0.892. The fourth-order valence-corrected chi connectivity index (χ4v) is 3.15. The van der Waals surface area contributed by atoms with Gasteiger partial charge in [-0.05, 0) is 35.9 Å². The molecule has 0 aliphatic heterocycles. The van der Waals surface area contributed by atoms with Gasteiger partial charge in [0.05, 0.1) is 0 Å². The highest BCUT2D eigenvalue weighted by molar-refractivity contribution is 6.31. The van der Waals surface area contributed by atoms with Crippen LogP contribution < -0.4 is 10.1 Å². The van der Waals surface area contributed by atoms with E-state index in [9.17, 15) is 0 Å². The van der Waals surface area contributed by atoms with Gasteiger partial charge < -0.3 is 14.8 Å². The second-order valence-corrected chi connectivity index (χ2v) is 6.57. The van der Waals surface area contributed by atoms with E-state index >= 15 is 0 Å². The summed E-state index contributed by atoms with van der Waals surface area (Å²) in [4.78, 5) is 0.